The Bertz CT molecular complexity index is 1290. The number of esters is 1. The van der Waals surface area contributed by atoms with Gasteiger partial charge in [-0.15, -0.1) is 0 Å². The van der Waals surface area contributed by atoms with Gasteiger partial charge in [0, 0.05) is 23.9 Å². The lowest BCUT2D eigenvalue weighted by Gasteiger charge is -2.08. The standard InChI is InChI=1S/C19H18ClN5O5S/c1-30-18(26)13-5-8-17(25(27)11-13)22-16-9-15(23-19(24-16)31(2,28)29)21-10-12-3-6-14(20)7-4-12/h3-9,11,27H,10H2,1-2H3,(H,21,23,24). The van der Waals surface area contributed by atoms with Crippen molar-refractivity contribution in [1.29, 1.82) is 0 Å². The van der Waals surface area contributed by atoms with E-state index in [1.807, 2.05) is 12.1 Å². The summed E-state index contributed by atoms with van der Waals surface area (Å²) in [5.41, 5.74) is 1.01. The fourth-order valence-electron chi connectivity index (χ4n) is 2.45. The van der Waals surface area contributed by atoms with Gasteiger partial charge in [-0.05, 0) is 29.8 Å². The van der Waals surface area contributed by atoms with Crippen molar-refractivity contribution in [2.45, 2.75) is 11.7 Å². The minimum absolute atomic E-state index is 0.00875. The Labute approximate surface area is 182 Å². The zero-order chi connectivity index (χ0) is 22.6. The van der Waals surface area contributed by atoms with Gasteiger partial charge < -0.3 is 15.3 Å². The molecule has 10 nitrogen and oxygen atoms in total. The van der Waals surface area contributed by atoms with E-state index < -0.39 is 21.0 Å². The summed E-state index contributed by atoms with van der Waals surface area (Å²) in [4.78, 5) is 23.7. The van der Waals surface area contributed by atoms with E-state index in [9.17, 15) is 18.4 Å². The second-order valence-electron chi connectivity index (χ2n) is 6.37. The predicted octanol–water partition coefficient (Wildman–Crippen LogP) is 2.20. The largest absolute Gasteiger partial charge is 0.465 e. The first-order valence-corrected chi connectivity index (χ1v) is 11.0. The molecular formula is C19H18ClN5O5S. The SMILES string of the molecule is COC(=O)c1ccc(=Nc2cc(NCc3ccc(Cl)cc3)nc(S(C)(=O)=O)n2)n(O)c1. The second-order valence-corrected chi connectivity index (χ2v) is 8.72. The first-order valence-electron chi connectivity index (χ1n) is 8.78. The summed E-state index contributed by atoms with van der Waals surface area (Å²) in [6.45, 7) is 0.352. The summed E-state index contributed by atoms with van der Waals surface area (Å²) >= 11 is 5.88. The van der Waals surface area contributed by atoms with E-state index in [0.29, 0.717) is 16.3 Å². The summed E-state index contributed by atoms with van der Waals surface area (Å²) in [5, 5.41) is 13.3. The molecule has 0 saturated heterocycles. The number of anilines is 1. The molecule has 2 N–H and O–H groups in total. The smallest absolute Gasteiger partial charge is 0.339 e. The van der Waals surface area contributed by atoms with E-state index in [4.69, 9.17) is 11.6 Å². The van der Waals surface area contributed by atoms with Gasteiger partial charge in [0.05, 0.1) is 18.9 Å². The van der Waals surface area contributed by atoms with Gasteiger partial charge in [0.15, 0.2) is 11.3 Å². The molecule has 1 aromatic carbocycles. The van der Waals surface area contributed by atoms with Crippen LogP contribution in [0.15, 0.2) is 58.8 Å². The number of rotatable bonds is 6. The van der Waals surface area contributed by atoms with Crippen molar-refractivity contribution in [1.82, 2.24) is 14.7 Å². The lowest BCUT2D eigenvalue weighted by Crippen LogP contribution is -2.20. The minimum atomic E-state index is -3.73. The molecule has 0 amide bonds. The average Bonchev–Trinajstić information content (AvgIpc) is 2.73. The monoisotopic (exact) mass is 463 g/mol. The number of methoxy groups -OCH3 is 1. The highest BCUT2D eigenvalue weighted by molar-refractivity contribution is 7.90. The molecule has 0 unspecified atom stereocenters. The van der Waals surface area contributed by atoms with Crippen LogP contribution in [0.2, 0.25) is 5.02 Å². The van der Waals surface area contributed by atoms with E-state index in [1.165, 1.54) is 25.3 Å². The fourth-order valence-corrected chi connectivity index (χ4v) is 3.10. The molecule has 12 heteroatoms. The maximum atomic E-state index is 12.0. The van der Waals surface area contributed by atoms with Crippen molar-refractivity contribution in [2.75, 3.05) is 18.7 Å². The Morgan fingerprint density at radius 3 is 2.55 bits per heavy atom. The predicted molar refractivity (Wildman–Crippen MR) is 112 cm³/mol. The summed E-state index contributed by atoms with van der Waals surface area (Å²) < 4.78 is 29.2. The molecule has 2 heterocycles. The van der Waals surface area contributed by atoms with Crippen molar-refractivity contribution in [3.63, 3.8) is 0 Å². The summed E-state index contributed by atoms with van der Waals surface area (Å²) in [6, 6.07) is 11.3. The summed E-state index contributed by atoms with van der Waals surface area (Å²) in [5.74, 6) is -0.424. The lowest BCUT2D eigenvalue weighted by molar-refractivity contribution is 0.0594. The van der Waals surface area contributed by atoms with Gasteiger partial charge >= 0.3 is 5.97 Å². The maximum Gasteiger partial charge on any atom is 0.339 e. The van der Waals surface area contributed by atoms with Crippen LogP contribution in [0.4, 0.5) is 11.6 Å². The number of nitrogens with one attached hydrogen (secondary N) is 1. The highest BCUT2D eigenvalue weighted by Gasteiger charge is 2.15. The van der Waals surface area contributed by atoms with Crippen LogP contribution in [0.25, 0.3) is 0 Å². The Kier molecular flexibility index (Phi) is 6.56. The number of halogens is 1. The van der Waals surface area contributed by atoms with Crippen LogP contribution in [0.3, 0.4) is 0 Å². The van der Waals surface area contributed by atoms with Crippen LogP contribution >= 0.6 is 11.6 Å². The number of pyridine rings is 1. The van der Waals surface area contributed by atoms with Gasteiger partial charge in [-0.3, -0.25) is 0 Å². The fraction of sp³-hybridized carbons (Fsp3) is 0.158. The van der Waals surface area contributed by atoms with Crippen molar-refractivity contribution in [3.8, 4) is 0 Å². The van der Waals surface area contributed by atoms with E-state index in [1.54, 1.807) is 12.1 Å². The summed E-state index contributed by atoms with van der Waals surface area (Å²) in [7, 11) is -2.51. The lowest BCUT2D eigenvalue weighted by atomic mass is 10.2. The van der Waals surface area contributed by atoms with Crippen LogP contribution in [-0.4, -0.2) is 47.7 Å². The maximum absolute atomic E-state index is 12.0. The Morgan fingerprint density at radius 2 is 1.94 bits per heavy atom. The van der Waals surface area contributed by atoms with Crippen molar-refractivity contribution < 1.29 is 23.2 Å². The molecule has 3 rings (SSSR count). The van der Waals surface area contributed by atoms with Gasteiger partial charge in [-0.2, -0.15) is 9.71 Å². The quantitative estimate of drug-likeness (QED) is 0.322. The third-order valence-corrected chi connectivity index (χ3v) is 5.07. The molecule has 0 fully saturated rings. The first kappa shape index (κ1) is 22.2. The zero-order valence-corrected chi connectivity index (χ0v) is 18.1. The van der Waals surface area contributed by atoms with Crippen molar-refractivity contribution in [3.05, 3.63) is 70.3 Å². The Morgan fingerprint density at radius 1 is 1.23 bits per heavy atom. The molecule has 0 aliphatic rings. The Hall–Kier alpha value is -3.44. The van der Waals surface area contributed by atoms with Crippen LogP contribution < -0.4 is 10.8 Å². The molecule has 0 saturated carbocycles. The molecule has 2 aromatic heterocycles. The molecular weight excluding hydrogens is 446 g/mol. The van der Waals surface area contributed by atoms with Crippen LogP contribution in [0.1, 0.15) is 15.9 Å². The molecule has 31 heavy (non-hydrogen) atoms. The number of ether oxygens (including phenoxy) is 1. The topological polar surface area (TPSA) is 136 Å². The number of carbonyl (C=O) groups is 1. The van der Waals surface area contributed by atoms with E-state index in [2.05, 4.69) is 25.0 Å². The highest BCUT2D eigenvalue weighted by Crippen LogP contribution is 2.18. The number of aromatic nitrogens is 3. The van der Waals surface area contributed by atoms with Gasteiger partial charge in [0.1, 0.15) is 5.82 Å². The molecule has 0 spiro atoms. The van der Waals surface area contributed by atoms with Crippen molar-refractivity contribution in [2.24, 2.45) is 4.99 Å². The number of hydrogen-bond donors (Lipinski definition) is 2. The molecule has 0 atom stereocenters. The second kappa shape index (κ2) is 9.14. The number of benzene rings is 1. The molecule has 0 bridgehead atoms. The first-order chi connectivity index (χ1) is 14.7. The number of hydrogen-bond acceptors (Lipinski definition) is 9. The highest BCUT2D eigenvalue weighted by atomic mass is 35.5. The van der Waals surface area contributed by atoms with Gasteiger partial charge in [0.25, 0.3) is 5.16 Å². The van der Waals surface area contributed by atoms with Gasteiger partial charge in [-0.1, -0.05) is 23.7 Å². The van der Waals surface area contributed by atoms with Crippen LogP contribution in [0, 0.1) is 0 Å². The zero-order valence-electron chi connectivity index (χ0n) is 16.5. The van der Waals surface area contributed by atoms with E-state index >= 15 is 0 Å². The van der Waals surface area contributed by atoms with Gasteiger partial charge in [0.2, 0.25) is 9.84 Å². The molecule has 0 aliphatic heterocycles. The average molecular weight is 464 g/mol. The van der Waals surface area contributed by atoms with Crippen LogP contribution in [-0.2, 0) is 21.1 Å². The van der Waals surface area contributed by atoms with Crippen LogP contribution in [0.5, 0.6) is 0 Å². The molecule has 3 aromatic rings. The minimum Gasteiger partial charge on any atom is -0.465 e. The normalized spacial score (nSPS) is 11.9. The third kappa shape index (κ3) is 5.80. The van der Waals surface area contributed by atoms with Crippen molar-refractivity contribution >= 4 is 39.0 Å². The van der Waals surface area contributed by atoms with Gasteiger partial charge in [-0.25, -0.2) is 23.2 Å². The molecule has 162 valence electrons. The van der Waals surface area contributed by atoms with E-state index in [-0.39, 0.29) is 22.7 Å². The molecule has 0 radical (unpaired) electrons. The Balaban J connectivity index is 1.98. The number of nitrogens with zero attached hydrogens (tertiary/aromatic N) is 4. The number of carbonyl (C=O) groups excluding carboxylic acids is 1. The molecule has 0 aliphatic carbocycles. The summed E-state index contributed by atoms with van der Waals surface area (Å²) in [6.07, 6.45) is 2.09. The third-order valence-electron chi connectivity index (χ3n) is 3.97. The van der Waals surface area contributed by atoms with E-state index in [0.717, 1.165) is 18.0 Å². The number of sulfone groups is 1.